The molecule has 0 aliphatic heterocycles. The highest BCUT2D eigenvalue weighted by Crippen LogP contribution is 2.27. The number of hydrogen-bond donors (Lipinski definition) is 2. The largest absolute Gasteiger partial charge is 0.356 e. The van der Waals surface area contributed by atoms with Gasteiger partial charge < -0.3 is 10.6 Å². The zero-order valence-electron chi connectivity index (χ0n) is 14.5. The SMILES string of the molecule is CN=C(NCCc1ccccc1F)NCCN(C(C)C)C1CC1. The Bertz CT molecular complexity index is 509. The Hall–Kier alpha value is -1.62. The van der Waals surface area contributed by atoms with E-state index < -0.39 is 0 Å². The Morgan fingerprint density at radius 1 is 1.26 bits per heavy atom. The van der Waals surface area contributed by atoms with E-state index in [1.54, 1.807) is 13.1 Å². The van der Waals surface area contributed by atoms with Gasteiger partial charge in [-0.3, -0.25) is 9.89 Å². The van der Waals surface area contributed by atoms with Gasteiger partial charge in [-0.15, -0.1) is 0 Å². The maximum Gasteiger partial charge on any atom is 0.191 e. The molecule has 2 N–H and O–H groups in total. The van der Waals surface area contributed by atoms with Crippen LogP contribution in [0, 0.1) is 5.82 Å². The molecule has 1 aliphatic rings. The Morgan fingerprint density at radius 2 is 1.96 bits per heavy atom. The van der Waals surface area contributed by atoms with Crippen molar-refractivity contribution in [2.75, 3.05) is 26.7 Å². The molecule has 1 aromatic carbocycles. The summed E-state index contributed by atoms with van der Waals surface area (Å²) in [5.41, 5.74) is 0.732. The monoisotopic (exact) mass is 320 g/mol. The van der Waals surface area contributed by atoms with Crippen molar-refractivity contribution in [3.8, 4) is 0 Å². The number of halogens is 1. The molecule has 0 aromatic heterocycles. The van der Waals surface area contributed by atoms with Gasteiger partial charge in [0.25, 0.3) is 0 Å². The lowest BCUT2D eigenvalue weighted by molar-refractivity contribution is 0.215. The van der Waals surface area contributed by atoms with Crippen molar-refractivity contribution in [3.63, 3.8) is 0 Å². The summed E-state index contributed by atoms with van der Waals surface area (Å²) in [6, 6.07) is 8.26. The third-order valence-electron chi connectivity index (χ3n) is 4.21. The molecule has 23 heavy (non-hydrogen) atoms. The second-order valence-electron chi connectivity index (χ2n) is 6.33. The van der Waals surface area contributed by atoms with Gasteiger partial charge in [0, 0.05) is 38.8 Å². The van der Waals surface area contributed by atoms with E-state index in [-0.39, 0.29) is 5.82 Å². The average molecular weight is 320 g/mol. The van der Waals surface area contributed by atoms with Gasteiger partial charge in [0.05, 0.1) is 0 Å². The van der Waals surface area contributed by atoms with Gasteiger partial charge >= 0.3 is 0 Å². The fraction of sp³-hybridized carbons (Fsp3) is 0.611. The molecule has 0 heterocycles. The first kappa shape index (κ1) is 17.7. The van der Waals surface area contributed by atoms with Crippen molar-refractivity contribution in [2.24, 2.45) is 4.99 Å². The highest BCUT2D eigenvalue weighted by Gasteiger charge is 2.30. The van der Waals surface area contributed by atoms with E-state index in [1.165, 1.54) is 18.9 Å². The van der Waals surface area contributed by atoms with Crippen molar-refractivity contribution in [2.45, 2.75) is 45.2 Å². The predicted octanol–water partition coefficient (Wildman–Crippen LogP) is 2.41. The van der Waals surface area contributed by atoms with Gasteiger partial charge in [0.1, 0.15) is 5.82 Å². The van der Waals surface area contributed by atoms with Crippen molar-refractivity contribution < 1.29 is 4.39 Å². The van der Waals surface area contributed by atoms with Crippen LogP contribution in [0.2, 0.25) is 0 Å². The average Bonchev–Trinajstić information content (AvgIpc) is 3.35. The van der Waals surface area contributed by atoms with Crippen molar-refractivity contribution in [1.82, 2.24) is 15.5 Å². The number of nitrogens with one attached hydrogen (secondary N) is 2. The summed E-state index contributed by atoms with van der Waals surface area (Å²) in [6.07, 6.45) is 3.30. The van der Waals surface area contributed by atoms with Crippen LogP contribution in [0.3, 0.4) is 0 Å². The summed E-state index contributed by atoms with van der Waals surface area (Å²) in [7, 11) is 1.76. The van der Waals surface area contributed by atoms with E-state index in [4.69, 9.17) is 0 Å². The topological polar surface area (TPSA) is 39.7 Å². The minimum Gasteiger partial charge on any atom is -0.356 e. The number of rotatable bonds is 8. The zero-order chi connectivity index (χ0) is 16.7. The normalized spacial score (nSPS) is 15.3. The molecule has 1 fully saturated rings. The summed E-state index contributed by atoms with van der Waals surface area (Å²) >= 11 is 0. The quantitative estimate of drug-likeness (QED) is 0.571. The zero-order valence-corrected chi connectivity index (χ0v) is 14.5. The molecule has 0 spiro atoms. The molecule has 128 valence electrons. The second kappa shape index (κ2) is 8.87. The minimum absolute atomic E-state index is 0.144. The van der Waals surface area contributed by atoms with Gasteiger partial charge in [0.2, 0.25) is 0 Å². The number of aliphatic imine (C=N–C) groups is 1. The first-order valence-electron chi connectivity index (χ1n) is 8.55. The van der Waals surface area contributed by atoms with Gasteiger partial charge in [-0.05, 0) is 44.7 Å². The molecule has 0 atom stereocenters. The molecule has 0 saturated heterocycles. The van der Waals surface area contributed by atoms with Gasteiger partial charge in [-0.1, -0.05) is 18.2 Å². The Labute approximate surface area is 139 Å². The Balaban J connectivity index is 1.68. The smallest absolute Gasteiger partial charge is 0.191 e. The molecule has 0 amide bonds. The summed E-state index contributed by atoms with van der Waals surface area (Å²) in [5.74, 6) is 0.634. The summed E-state index contributed by atoms with van der Waals surface area (Å²) in [6.45, 7) is 7.06. The maximum atomic E-state index is 13.6. The fourth-order valence-electron chi connectivity index (χ4n) is 2.81. The Kier molecular flexibility index (Phi) is 6.84. The minimum atomic E-state index is -0.144. The number of guanidine groups is 1. The maximum absolute atomic E-state index is 13.6. The van der Waals surface area contributed by atoms with Crippen molar-refractivity contribution in [1.29, 1.82) is 0 Å². The standard InChI is InChI=1S/C18H29FN4/c1-14(2)23(16-8-9-16)13-12-22-18(20-3)21-11-10-15-6-4-5-7-17(15)19/h4-7,14,16H,8-13H2,1-3H3,(H2,20,21,22). The van der Waals surface area contributed by atoms with Crippen LogP contribution in [0.5, 0.6) is 0 Å². The van der Waals surface area contributed by atoms with E-state index in [0.29, 0.717) is 19.0 Å². The van der Waals surface area contributed by atoms with Crippen LogP contribution in [0.1, 0.15) is 32.3 Å². The summed E-state index contributed by atoms with van der Waals surface area (Å²) in [5, 5.41) is 6.59. The Morgan fingerprint density at radius 3 is 2.57 bits per heavy atom. The van der Waals surface area contributed by atoms with Gasteiger partial charge in [-0.2, -0.15) is 0 Å². The summed E-state index contributed by atoms with van der Waals surface area (Å²) in [4.78, 5) is 6.77. The molecule has 0 bridgehead atoms. The third kappa shape index (κ3) is 5.82. The van der Waals surface area contributed by atoms with Crippen LogP contribution in [-0.2, 0) is 6.42 Å². The fourth-order valence-corrected chi connectivity index (χ4v) is 2.81. The first-order valence-corrected chi connectivity index (χ1v) is 8.55. The lowest BCUT2D eigenvalue weighted by Crippen LogP contribution is -2.44. The van der Waals surface area contributed by atoms with E-state index in [9.17, 15) is 4.39 Å². The van der Waals surface area contributed by atoms with E-state index in [1.807, 2.05) is 12.1 Å². The first-order chi connectivity index (χ1) is 11.1. The molecule has 1 aliphatic carbocycles. The molecule has 2 rings (SSSR count). The molecule has 0 radical (unpaired) electrons. The molecule has 0 unspecified atom stereocenters. The third-order valence-corrected chi connectivity index (χ3v) is 4.21. The van der Waals surface area contributed by atoms with Crippen LogP contribution in [-0.4, -0.2) is 49.6 Å². The van der Waals surface area contributed by atoms with Crippen LogP contribution >= 0.6 is 0 Å². The molecule has 4 nitrogen and oxygen atoms in total. The predicted molar refractivity (Wildman–Crippen MR) is 94.3 cm³/mol. The molecular formula is C18H29FN4. The highest BCUT2D eigenvalue weighted by molar-refractivity contribution is 5.79. The van der Waals surface area contributed by atoms with Crippen molar-refractivity contribution in [3.05, 3.63) is 35.6 Å². The van der Waals surface area contributed by atoms with E-state index in [2.05, 4.69) is 34.4 Å². The highest BCUT2D eigenvalue weighted by atomic mass is 19.1. The summed E-state index contributed by atoms with van der Waals surface area (Å²) < 4.78 is 13.6. The number of hydrogen-bond acceptors (Lipinski definition) is 2. The van der Waals surface area contributed by atoms with E-state index in [0.717, 1.165) is 30.7 Å². The van der Waals surface area contributed by atoms with Crippen molar-refractivity contribution >= 4 is 5.96 Å². The van der Waals surface area contributed by atoms with Gasteiger partial charge in [0.15, 0.2) is 5.96 Å². The van der Waals surface area contributed by atoms with Crippen LogP contribution < -0.4 is 10.6 Å². The van der Waals surface area contributed by atoms with Gasteiger partial charge in [-0.25, -0.2) is 4.39 Å². The lowest BCUT2D eigenvalue weighted by Gasteiger charge is -2.26. The van der Waals surface area contributed by atoms with Crippen LogP contribution in [0.15, 0.2) is 29.3 Å². The molecule has 5 heteroatoms. The lowest BCUT2D eigenvalue weighted by atomic mass is 10.1. The molecule has 1 aromatic rings. The number of nitrogens with zero attached hydrogens (tertiary/aromatic N) is 2. The molecule has 1 saturated carbocycles. The van der Waals surface area contributed by atoms with Crippen LogP contribution in [0.25, 0.3) is 0 Å². The number of benzene rings is 1. The second-order valence-corrected chi connectivity index (χ2v) is 6.33. The van der Waals surface area contributed by atoms with Crippen LogP contribution in [0.4, 0.5) is 4.39 Å². The molecular weight excluding hydrogens is 291 g/mol. The van der Waals surface area contributed by atoms with E-state index >= 15 is 0 Å².